The van der Waals surface area contributed by atoms with Crippen molar-refractivity contribution < 1.29 is 4.79 Å². The van der Waals surface area contributed by atoms with Crippen LogP contribution < -0.4 is 10.6 Å². The number of aromatic nitrogens is 2. The summed E-state index contributed by atoms with van der Waals surface area (Å²) in [7, 11) is 4.01. The average molecular weight is 549 g/mol. The Bertz CT molecular complexity index is 1310. The van der Waals surface area contributed by atoms with Crippen LogP contribution in [0.25, 0.3) is 10.6 Å². The fourth-order valence-electron chi connectivity index (χ4n) is 4.94. The number of thiophene rings is 1. The van der Waals surface area contributed by atoms with Crippen LogP contribution in [0.3, 0.4) is 0 Å². The molecule has 2 heterocycles. The number of carbonyl (C=O) groups excluding carboxylic acids is 1. The molecule has 3 aromatic rings. The molecule has 1 aliphatic rings. The molecule has 200 valence electrons. The Morgan fingerprint density at radius 1 is 1.24 bits per heavy atom. The Labute approximate surface area is 234 Å². The molecule has 0 spiro atoms. The summed E-state index contributed by atoms with van der Waals surface area (Å²) in [5.74, 6) is 0.894. The van der Waals surface area contributed by atoms with Crippen molar-refractivity contribution >= 4 is 46.3 Å². The number of nitriles is 1. The first-order chi connectivity index (χ1) is 18.4. The van der Waals surface area contributed by atoms with Gasteiger partial charge in [0.1, 0.15) is 6.07 Å². The summed E-state index contributed by atoms with van der Waals surface area (Å²) in [4.78, 5) is 25.0. The SMILES string of the molecule is CSc1sc(-c2nc(Nc3cccc(NC(=O)CCCN(C)C)c3)ncc2C)c(C2CCCCC2)c1C#N. The molecule has 0 bridgehead atoms. The highest BCUT2D eigenvalue weighted by Gasteiger charge is 2.28. The van der Waals surface area contributed by atoms with Gasteiger partial charge in [-0.3, -0.25) is 4.79 Å². The number of nitrogens with one attached hydrogen (secondary N) is 2. The van der Waals surface area contributed by atoms with Gasteiger partial charge in [-0.05, 0) is 88.3 Å². The zero-order chi connectivity index (χ0) is 27.1. The summed E-state index contributed by atoms with van der Waals surface area (Å²) in [6.07, 6.45) is 11.1. The van der Waals surface area contributed by atoms with Crippen LogP contribution in [0.1, 0.15) is 67.6 Å². The fraction of sp³-hybridized carbons (Fsp3) is 0.448. The van der Waals surface area contributed by atoms with Crippen LogP contribution in [-0.2, 0) is 4.79 Å². The molecule has 9 heteroatoms. The second-order valence-corrected chi connectivity index (χ2v) is 12.1. The minimum absolute atomic E-state index is 0.00343. The summed E-state index contributed by atoms with van der Waals surface area (Å²) in [6.45, 7) is 2.91. The van der Waals surface area contributed by atoms with Crippen molar-refractivity contribution in [3.63, 3.8) is 0 Å². The molecular weight excluding hydrogens is 512 g/mol. The van der Waals surface area contributed by atoms with Crippen LogP contribution in [0, 0.1) is 18.3 Å². The Hall–Kier alpha value is -2.93. The van der Waals surface area contributed by atoms with Crippen molar-refractivity contribution in [2.24, 2.45) is 0 Å². The largest absolute Gasteiger partial charge is 0.326 e. The highest BCUT2D eigenvalue weighted by atomic mass is 32.2. The highest BCUT2D eigenvalue weighted by Crippen LogP contribution is 2.48. The number of aryl methyl sites for hydroxylation is 1. The first-order valence-electron chi connectivity index (χ1n) is 13.2. The maximum absolute atomic E-state index is 12.3. The number of hydrogen-bond acceptors (Lipinski definition) is 8. The van der Waals surface area contributed by atoms with E-state index in [1.165, 1.54) is 24.8 Å². The van der Waals surface area contributed by atoms with E-state index in [9.17, 15) is 10.1 Å². The van der Waals surface area contributed by atoms with E-state index in [-0.39, 0.29) is 5.91 Å². The summed E-state index contributed by atoms with van der Waals surface area (Å²) in [6, 6.07) is 10.1. The minimum atomic E-state index is 0.00343. The Morgan fingerprint density at radius 3 is 2.71 bits per heavy atom. The van der Waals surface area contributed by atoms with Gasteiger partial charge in [0, 0.05) is 24.0 Å². The molecule has 0 unspecified atom stereocenters. The van der Waals surface area contributed by atoms with Gasteiger partial charge in [-0.1, -0.05) is 25.3 Å². The van der Waals surface area contributed by atoms with Gasteiger partial charge >= 0.3 is 0 Å². The molecule has 0 aliphatic heterocycles. The van der Waals surface area contributed by atoms with Crippen molar-refractivity contribution in [3.8, 4) is 16.6 Å². The third kappa shape index (κ3) is 6.93. The molecule has 4 rings (SSSR count). The quantitative estimate of drug-likeness (QED) is 0.259. The molecule has 0 radical (unpaired) electrons. The molecule has 1 fully saturated rings. The zero-order valence-electron chi connectivity index (χ0n) is 22.6. The maximum atomic E-state index is 12.3. The van der Waals surface area contributed by atoms with Gasteiger partial charge in [0.25, 0.3) is 0 Å². The van der Waals surface area contributed by atoms with Gasteiger partial charge in [-0.25, -0.2) is 9.97 Å². The molecule has 0 saturated heterocycles. The standard InChI is InChI=1S/C29H36N6OS2/c1-19-18-31-29(33-22-13-8-12-21(16-22)32-24(36)14-9-15-35(2)3)34-26(19)27-25(20-10-6-5-7-11-20)23(17-30)28(37-4)38-27/h8,12-13,16,18,20H,5-7,9-11,14-15H2,1-4H3,(H,32,36)(H,31,33,34). The molecule has 7 nitrogen and oxygen atoms in total. The monoisotopic (exact) mass is 548 g/mol. The first kappa shape index (κ1) is 28.1. The fourth-order valence-corrected chi connectivity index (χ4v) is 7.01. The Kier molecular flexibility index (Phi) is 9.78. The molecule has 1 aliphatic carbocycles. The molecule has 2 N–H and O–H groups in total. The summed E-state index contributed by atoms with van der Waals surface area (Å²) >= 11 is 3.31. The third-order valence-electron chi connectivity index (χ3n) is 6.82. The number of anilines is 3. The smallest absolute Gasteiger partial charge is 0.227 e. The normalized spacial score (nSPS) is 13.9. The second-order valence-electron chi connectivity index (χ2n) is 10.0. The molecule has 1 aromatic carbocycles. The van der Waals surface area contributed by atoms with E-state index in [0.717, 1.165) is 63.1 Å². The van der Waals surface area contributed by atoms with E-state index < -0.39 is 0 Å². The molecule has 2 aromatic heterocycles. The zero-order valence-corrected chi connectivity index (χ0v) is 24.3. The summed E-state index contributed by atoms with van der Waals surface area (Å²) in [5.41, 5.74) is 5.41. The number of carbonyl (C=O) groups is 1. The number of benzene rings is 1. The topological polar surface area (TPSA) is 93.9 Å². The molecule has 1 saturated carbocycles. The van der Waals surface area contributed by atoms with Gasteiger partial charge in [-0.2, -0.15) is 5.26 Å². The molecule has 0 atom stereocenters. The lowest BCUT2D eigenvalue weighted by Gasteiger charge is -2.23. The van der Waals surface area contributed by atoms with Gasteiger partial charge in [0.15, 0.2) is 0 Å². The predicted octanol–water partition coefficient (Wildman–Crippen LogP) is 7.18. The van der Waals surface area contributed by atoms with E-state index >= 15 is 0 Å². The molecule has 1 amide bonds. The van der Waals surface area contributed by atoms with Crippen molar-refractivity contribution in [2.45, 2.75) is 62.0 Å². The van der Waals surface area contributed by atoms with E-state index in [4.69, 9.17) is 4.98 Å². The first-order valence-corrected chi connectivity index (χ1v) is 15.2. The Morgan fingerprint density at radius 2 is 2.00 bits per heavy atom. The summed E-state index contributed by atoms with van der Waals surface area (Å²) < 4.78 is 1.06. The second kappa shape index (κ2) is 13.2. The molecule has 38 heavy (non-hydrogen) atoms. The van der Waals surface area contributed by atoms with E-state index in [1.807, 2.05) is 57.7 Å². The summed E-state index contributed by atoms with van der Waals surface area (Å²) in [5, 5.41) is 16.4. The van der Waals surface area contributed by atoms with Crippen LogP contribution in [0.2, 0.25) is 0 Å². The number of nitrogens with zero attached hydrogens (tertiary/aromatic N) is 4. The van der Waals surface area contributed by atoms with Crippen molar-refractivity contribution in [1.82, 2.24) is 14.9 Å². The van der Waals surface area contributed by atoms with Crippen molar-refractivity contribution in [1.29, 1.82) is 5.26 Å². The van der Waals surface area contributed by atoms with E-state index in [2.05, 4.69) is 26.6 Å². The van der Waals surface area contributed by atoms with Gasteiger partial charge < -0.3 is 15.5 Å². The van der Waals surface area contributed by atoms with Gasteiger partial charge in [0.05, 0.1) is 20.3 Å². The van der Waals surface area contributed by atoms with E-state index in [1.54, 1.807) is 23.1 Å². The van der Waals surface area contributed by atoms with E-state index in [0.29, 0.717) is 18.3 Å². The van der Waals surface area contributed by atoms with Crippen LogP contribution in [-0.4, -0.2) is 47.7 Å². The lowest BCUT2D eigenvalue weighted by atomic mass is 9.82. The lowest BCUT2D eigenvalue weighted by molar-refractivity contribution is -0.116. The van der Waals surface area contributed by atoms with Crippen LogP contribution >= 0.6 is 23.1 Å². The minimum Gasteiger partial charge on any atom is -0.326 e. The van der Waals surface area contributed by atoms with Crippen LogP contribution in [0.15, 0.2) is 34.7 Å². The van der Waals surface area contributed by atoms with Crippen LogP contribution in [0.4, 0.5) is 17.3 Å². The number of rotatable bonds is 10. The maximum Gasteiger partial charge on any atom is 0.227 e. The number of amides is 1. The van der Waals surface area contributed by atoms with Crippen LogP contribution in [0.5, 0.6) is 0 Å². The van der Waals surface area contributed by atoms with Crippen molar-refractivity contribution in [2.75, 3.05) is 37.5 Å². The highest BCUT2D eigenvalue weighted by molar-refractivity contribution is 8.00. The van der Waals surface area contributed by atoms with Crippen molar-refractivity contribution in [3.05, 3.63) is 47.2 Å². The predicted molar refractivity (Wildman–Crippen MR) is 159 cm³/mol. The van der Waals surface area contributed by atoms with Gasteiger partial charge in [0.2, 0.25) is 11.9 Å². The lowest BCUT2D eigenvalue weighted by Crippen LogP contribution is -2.17. The molecular formula is C29H36N6OS2. The third-order valence-corrected chi connectivity index (χ3v) is 9.15. The Balaban J connectivity index is 1.58. The van der Waals surface area contributed by atoms with Gasteiger partial charge in [-0.15, -0.1) is 23.1 Å². The number of hydrogen-bond donors (Lipinski definition) is 2. The average Bonchev–Trinajstić information content (AvgIpc) is 3.29. The number of thioether (sulfide) groups is 1.